The van der Waals surface area contributed by atoms with Crippen molar-refractivity contribution in [2.45, 2.75) is 5.79 Å². The van der Waals surface area contributed by atoms with Gasteiger partial charge in [-0.25, -0.2) is 0 Å². The molecule has 2 heterocycles. The lowest BCUT2D eigenvalue weighted by Crippen LogP contribution is -2.42. The van der Waals surface area contributed by atoms with Crippen molar-refractivity contribution in [3.05, 3.63) is 0 Å². The van der Waals surface area contributed by atoms with Crippen molar-refractivity contribution >= 4 is 17.7 Å². The Labute approximate surface area is 74.2 Å². The lowest BCUT2D eigenvalue weighted by molar-refractivity contribution is -0.186. The predicted molar refractivity (Wildman–Crippen MR) is 43.1 cm³/mol. The first-order valence-corrected chi connectivity index (χ1v) is 4.98. The molecule has 1 atom stereocenters. The van der Waals surface area contributed by atoms with Crippen LogP contribution in [0.4, 0.5) is 0 Å². The van der Waals surface area contributed by atoms with Crippen LogP contribution in [0.15, 0.2) is 0 Å². The largest absolute Gasteiger partial charge is 0.481 e. The van der Waals surface area contributed by atoms with E-state index >= 15 is 0 Å². The molecule has 0 bridgehead atoms. The molecule has 0 amide bonds. The molecule has 2 saturated heterocycles. The van der Waals surface area contributed by atoms with Gasteiger partial charge in [0, 0.05) is 11.5 Å². The van der Waals surface area contributed by atoms with Crippen LogP contribution in [0.25, 0.3) is 0 Å². The number of aliphatic carboxylic acids is 1. The summed E-state index contributed by atoms with van der Waals surface area (Å²) in [5, 5.41) is 8.87. The molecule has 5 heteroatoms. The summed E-state index contributed by atoms with van der Waals surface area (Å²) in [6.45, 7) is 1.04. The highest BCUT2D eigenvalue weighted by atomic mass is 32.2. The Bertz CT molecular complexity index is 194. The molecule has 2 rings (SSSR count). The molecule has 1 N–H and O–H groups in total. The van der Waals surface area contributed by atoms with Gasteiger partial charge in [0.25, 0.3) is 0 Å². The predicted octanol–water partition coefficient (Wildman–Crippen LogP) is 0.177. The van der Waals surface area contributed by atoms with Gasteiger partial charge in [0.05, 0.1) is 13.2 Å². The van der Waals surface area contributed by atoms with E-state index in [1.165, 1.54) is 0 Å². The van der Waals surface area contributed by atoms with Crippen LogP contribution in [0, 0.1) is 5.92 Å². The highest BCUT2D eigenvalue weighted by Crippen LogP contribution is 2.40. The lowest BCUT2D eigenvalue weighted by atomic mass is 10.0. The van der Waals surface area contributed by atoms with E-state index in [9.17, 15) is 4.79 Å². The zero-order valence-corrected chi connectivity index (χ0v) is 7.30. The Morgan fingerprint density at radius 1 is 1.50 bits per heavy atom. The van der Waals surface area contributed by atoms with Gasteiger partial charge >= 0.3 is 5.97 Å². The summed E-state index contributed by atoms with van der Waals surface area (Å²) < 4.78 is 10.7. The zero-order chi connectivity index (χ0) is 8.60. The van der Waals surface area contributed by atoms with Crippen LogP contribution in [0.3, 0.4) is 0 Å². The highest BCUT2D eigenvalue weighted by Gasteiger charge is 2.52. The maximum absolute atomic E-state index is 10.8. The van der Waals surface area contributed by atoms with Gasteiger partial charge < -0.3 is 14.6 Å². The Morgan fingerprint density at radius 3 is 2.75 bits per heavy atom. The van der Waals surface area contributed by atoms with Crippen molar-refractivity contribution in [2.75, 3.05) is 24.7 Å². The van der Waals surface area contributed by atoms with E-state index in [1.807, 2.05) is 0 Å². The molecule has 0 saturated carbocycles. The summed E-state index contributed by atoms with van der Waals surface area (Å²) in [7, 11) is 0. The monoisotopic (exact) mass is 190 g/mol. The third-order valence-electron chi connectivity index (χ3n) is 2.19. The molecular weight excluding hydrogens is 180 g/mol. The lowest BCUT2D eigenvalue weighted by Gasteiger charge is -2.25. The van der Waals surface area contributed by atoms with Crippen LogP contribution in [0.5, 0.6) is 0 Å². The number of carbonyl (C=O) groups is 1. The van der Waals surface area contributed by atoms with Gasteiger partial charge in [-0.2, -0.15) is 11.8 Å². The number of rotatable bonds is 1. The number of thioether (sulfide) groups is 1. The molecule has 0 aromatic carbocycles. The van der Waals surface area contributed by atoms with Gasteiger partial charge in [-0.05, 0) is 0 Å². The molecule has 1 unspecified atom stereocenters. The third kappa shape index (κ3) is 1.12. The molecule has 2 aliphatic rings. The summed E-state index contributed by atoms with van der Waals surface area (Å²) in [6.07, 6.45) is 0. The molecule has 2 fully saturated rings. The molecule has 0 aromatic rings. The number of ether oxygens (including phenoxy) is 2. The van der Waals surface area contributed by atoms with E-state index in [0.717, 1.165) is 0 Å². The van der Waals surface area contributed by atoms with Gasteiger partial charge in [-0.3, -0.25) is 4.79 Å². The fourth-order valence-electron chi connectivity index (χ4n) is 1.56. The summed E-state index contributed by atoms with van der Waals surface area (Å²) >= 11 is 1.58. The fraction of sp³-hybridized carbons (Fsp3) is 0.857. The number of carboxylic acids is 1. The quantitative estimate of drug-likeness (QED) is 0.639. The van der Waals surface area contributed by atoms with E-state index in [0.29, 0.717) is 24.7 Å². The summed E-state index contributed by atoms with van der Waals surface area (Å²) in [5.74, 6) is -0.887. The van der Waals surface area contributed by atoms with E-state index < -0.39 is 17.7 Å². The molecule has 1 spiro atoms. The molecular formula is C7H10O4S. The molecule has 0 radical (unpaired) electrons. The Morgan fingerprint density at radius 2 is 2.17 bits per heavy atom. The first-order valence-electron chi connectivity index (χ1n) is 3.83. The summed E-state index contributed by atoms with van der Waals surface area (Å²) in [4.78, 5) is 10.8. The second-order valence-electron chi connectivity index (χ2n) is 2.91. The molecule has 2 aliphatic heterocycles. The van der Waals surface area contributed by atoms with Crippen molar-refractivity contribution in [3.8, 4) is 0 Å². The van der Waals surface area contributed by atoms with Crippen LogP contribution in [-0.4, -0.2) is 41.6 Å². The van der Waals surface area contributed by atoms with Crippen molar-refractivity contribution < 1.29 is 19.4 Å². The number of carboxylic acid groups (broad SMARTS) is 1. The minimum atomic E-state index is -0.818. The Balaban J connectivity index is 2.17. The van der Waals surface area contributed by atoms with Crippen molar-refractivity contribution in [3.63, 3.8) is 0 Å². The van der Waals surface area contributed by atoms with Crippen LogP contribution in [0.1, 0.15) is 0 Å². The van der Waals surface area contributed by atoms with Crippen molar-refractivity contribution in [2.24, 2.45) is 5.92 Å². The van der Waals surface area contributed by atoms with Gasteiger partial charge in [-0.15, -0.1) is 0 Å². The molecule has 0 aromatic heterocycles. The average molecular weight is 190 g/mol. The second kappa shape index (κ2) is 2.90. The smallest absolute Gasteiger partial charge is 0.312 e. The molecule has 4 nitrogen and oxygen atoms in total. The topological polar surface area (TPSA) is 55.8 Å². The van der Waals surface area contributed by atoms with Gasteiger partial charge in [0.15, 0.2) is 5.79 Å². The first-order chi connectivity index (χ1) is 5.75. The zero-order valence-electron chi connectivity index (χ0n) is 6.49. The van der Waals surface area contributed by atoms with E-state index in [2.05, 4.69) is 0 Å². The maximum atomic E-state index is 10.8. The summed E-state index contributed by atoms with van der Waals surface area (Å²) in [6, 6.07) is 0. The fourth-order valence-corrected chi connectivity index (χ4v) is 2.96. The van der Waals surface area contributed by atoms with Gasteiger partial charge in [0.1, 0.15) is 5.92 Å². The minimum Gasteiger partial charge on any atom is -0.481 e. The Kier molecular flexibility index (Phi) is 2.02. The SMILES string of the molecule is O=C(O)C1CSCC12OCCO2. The van der Waals surface area contributed by atoms with Crippen molar-refractivity contribution in [1.29, 1.82) is 0 Å². The number of hydrogen-bond acceptors (Lipinski definition) is 4. The molecule has 68 valence electrons. The second-order valence-corrected chi connectivity index (χ2v) is 3.94. The Hall–Kier alpha value is -0.260. The average Bonchev–Trinajstić information content (AvgIpc) is 2.61. The molecule has 0 aliphatic carbocycles. The standard InChI is InChI=1S/C7H10O4S/c8-6(9)5-3-12-4-7(5)10-1-2-11-7/h5H,1-4H2,(H,8,9). The van der Waals surface area contributed by atoms with Crippen molar-refractivity contribution in [1.82, 2.24) is 0 Å². The normalized spacial score (nSPS) is 32.8. The van der Waals surface area contributed by atoms with E-state index in [1.54, 1.807) is 11.8 Å². The molecule has 12 heavy (non-hydrogen) atoms. The van der Waals surface area contributed by atoms with Crippen LogP contribution >= 0.6 is 11.8 Å². The van der Waals surface area contributed by atoms with Gasteiger partial charge in [-0.1, -0.05) is 0 Å². The first kappa shape index (κ1) is 8.34. The highest BCUT2D eigenvalue weighted by molar-refractivity contribution is 7.99. The van der Waals surface area contributed by atoms with Crippen LogP contribution < -0.4 is 0 Å². The maximum Gasteiger partial charge on any atom is 0.312 e. The van der Waals surface area contributed by atoms with E-state index in [4.69, 9.17) is 14.6 Å². The van der Waals surface area contributed by atoms with Crippen LogP contribution in [0.2, 0.25) is 0 Å². The summed E-state index contributed by atoms with van der Waals surface area (Å²) in [5.41, 5.74) is 0. The minimum absolute atomic E-state index is 0.495. The third-order valence-corrected chi connectivity index (χ3v) is 3.37. The number of hydrogen-bond donors (Lipinski definition) is 1. The van der Waals surface area contributed by atoms with Crippen LogP contribution in [-0.2, 0) is 14.3 Å². The van der Waals surface area contributed by atoms with E-state index in [-0.39, 0.29) is 0 Å². The van der Waals surface area contributed by atoms with Gasteiger partial charge in [0.2, 0.25) is 0 Å².